The van der Waals surface area contributed by atoms with Gasteiger partial charge in [0.2, 0.25) is 5.91 Å². The van der Waals surface area contributed by atoms with E-state index < -0.39 is 29.5 Å². The van der Waals surface area contributed by atoms with Gasteiger partial charge in [-0.1, -0.05) is 12.1 Å². The SMILES string of the molecule is Cl.O=C(O)C1CCN(C(=O)/C=C/c2cccc(C(F)(F)F)c2)C1. The van der Waals surface area contributed by atoms with Gasteiger partial charge in [-0.25, -0.2) is 0 Å². The van der Waals surface area contributed by atoms with E-state index >= 15 is 0 Å². The largest absolute Gasteiger partial charge is 0.481 e. The Morgan fingerprint density at radius 1 is 1.30 bits per heavy atom. The lowest BCUT2D eigenvalue weighted by Gasteiger charge is -2.13. The van der Waals surface area contributed by atoms with E-state index in [0.717, 1.165) is 12.1 Å². The van der Waals surface area contributed by atoms with Gasteiger partial charge in [0.05, 0.1) is 11.5 Å². The van der Waals surface area contributed by atoms with Crippen LogP contribution in [0.2, 0.25) is 0 Å². The van der Waals surface area contributed by atoms with Crippen molar-refractivity contribution in [2.24, 2.45) is 5.92 Å². The summed E-state index contributed by atoms with van der Waals surface area (Å²) in [5, 5.41) is 8.86. The number of amides is 1. The number of likely N-dealkylation sites (tertiary alicyclic amines) is 1. The fourth-order valence-corrected chi connectivity index (χ4v) is 2.25. The lowest BCUT2D eigenvalue weighted by molar-refractivity contribution is -0.141. The third kappa shape index (κ3) is 4.99. The normalized spacial score (nSPS) is 18.0. The minimum Gasteiger partial charge on any atom is -0.481 e. The van der Waals surface area contributed by atoms with E-state index in [2.05, 4.69) is 0 Å². The first-order valence-electron chi connectivity index (χ1n) is 6.64. The van der Waals surface area contributed by atoms with E-state index in [1.807, 2.05) is 0 Å². The Labute approximate surface area is 137 Å². The fourth-order valence-electron chi connectivity index (χ4n) is 2.25. The molecule has 0 aromatic heterocycles. The van der Waals surface area contributed by atoms with Gasteiger partial charge in [0.15, 0.2) is 0 Å². The Hall–Kier alpha value is -2.02. The van der Waals surface area contributed by atoms with Crippen LogP contribution in [0.25, 0.3) is 6.08 Å². The van der Waals surface area contributed by atoms with Crippen LogP contribution in [0.5, 0.6) is 0 Å². The van der Waals surface area contributed by atoms with Gasteiger partial charge in [-0.15, -0.1) is 12.4 Å². The molecule has 0 spiro atoms. The highest BCUT2D eigenvalue weighted by Gasteiger charge is 2.31. The van der Waals surface area contributed by atoms with Crippen molar-refractivity contribution in [1.82, 2.24) is 4.90 Å². The molecule has 1 heterocycles. The summed E-state index contributed by atoms with van der Waals surface area (Å²) >= 11 is 0. The Balaban J connectivity index is 0.00000264. The Bertz CT molecular complexity index is 616. The maximum absolute atomic E-state index is 12.6. The minimum absolute atomic E-state index is 0. The first-order valence-corrected chi connectivity index (χ1v) is 6.64. The molecule has 0 aliphatic carbocycles. The van der Waals surface area contributed by atoms with E-state index in [1.54, 1.807) is 0 Å². The lowest BCUT2D eigenvalue weighted by atomic mass is 10.1. The highest BCUT2D eigenvalue weighted by atomic mass is 35.5. The molecule has 1 aromatic carbocycles. The predicted octanol–water partition coefficient (Wildman–Crippen LogP) is 3.07. The van der Waals surface area contributed by atoms with Gasteiger partial charge in [-0.2, -0.15) is 13.2 Å². The second kappa shape index (κ2) is 7.50. The van der Waals surface area contributed by atoms with E-state index in [4.69, 9.17) is 5.11 Å². The van der Waals surface area contributed by atoms with Crippen molar-refractivity contribution in [2.45, 2.75) is 12.6 Å². The number of hydrogen-bond acceptors (Lipinski definition) is 2. The highest BCUT2D eigenvalue weighted by molar-refractivity contribution is 5.92. The van der Waals surface area contributed by atoms with Crippen molar-refractivity contribution in [2.75, 3.05) is 13.1 Å². The van der Waals surface area contributed by atoms with Crippen molar-refractivity contribution < 1.29 is 27.9 Å². The first-order chi connectivity index (χ1) is 10.3. The second-order valence-corrected chi connectivity index (χ2v) is 5.06. The molecule has 2 rings (SSSR count). The summed E-state index contributed by atoms with van der Waals surface area (Å²) in [6.45, 7) is 0.462. The number of benzene rings is 1. The third-order valence-electron chi connectivity index (χ3n) is 3.48. The van der Waals surface area contributed by atoms with E-state index in [0.29, 0.717) is 13.0 Å². The summed E-state index contributed by atoms with van der Waals surface area (Å²) in [5.74, 6) is -1.93. The molecule has 1 aromatic rings. The number of carboxylic acid groups (broad SMARTS) is 1. The number of carbonyl (C=O) groups is 2. The topological polar surface area (TPSA) is 57.6 Å². The Morgan fingerprint density at radius 2 is 2.00 bits per heavy atom. The molecule has 0 radical (unpaired) electrons. The van der Waals surface area contributed by atoms with Gasteiger partial charge in [0.25, 0.3) is 0 Å². The van der Waals surface area contributed by atoms with Gasteiger partial charge in [0, 0.05) is 19.2 Å². The summed E-state index contributed by atoms with van der Waals surface area (Å²) in [6.07, 6.45) is -1.58. The molecule has 1 fully saturated rings. The Kier molecular flexibility index (Phi) is 6.20. The summed E-state index contributed by atoms with van der Waals surface area (Å²) in [7, 11) is 0. The van der Waals surface area contributed by atoms with Crippen LogP contribution in [-0.4, -0.2) is 35.0 Å². The number of alkyl halides is 3. The number of carboxylic acids is 1. The zero-order valence-electron chi connectivity index (χ0n) is 11.9. The van der Waals surface area contributed by atoms with Crippen LogP contribution < -0.4 is 0 Å². The van der Waals surface area contributed by atoms with Crippen LogP contribution >= 0.6 is 12.4 Å². The smallest absolute Gasteiger partial charge is 0.416 e. The lowest BCUT2D eigenvalue weighted by Crippen LogP contribution is -2.28. The van der Waals surface area contributed by atoms with Gasteiger partial charge in [-0.05, 0) is 30.2 Å². The summed E-state index contributed by atoms with van der Waals surface area (Å²) in [5.41, 5.74) is -0.522. The maximum atomic E-state index is 12.6. The molecule has 23 heavy (non-hydrogen) atoms. The molecule has 1 atom stereocenters. The van der Waals surface area contributed by atoms with Gasteiger partial charge >= 0.3 is 12.1 Å². The van der Waals surface area contributed by atoms with E-state index in [1.165, 1.54) is 29.2 Å². The molecule has 4 nitrogen and oxygen atoms in total. The zero-order chi connectivity index (χ0) is 16.3. The van der Waals surface area contributed by atoms with Crippen molar-refractivity contribution in [1.29, 1.82) is 0 Å². The van der Waals surface area contributed by atoms with Crippen molar-refractivity contribution in [3.63, 3.8) is 0 Å². The van der Waals surface area contributed by atoms with Gasteiger partial charge in [-0.3, -0.25) is 9.59 Å². The molecule has 1 amide bonds. The van der Waals surface area contributed by atoms with Crippen molar-refractivity contribution in [3.8, 4) is 0 Å². The van der Waals surface area contributed by atoms with Crippen LogP contribution in [0.4, 0.5) is 13.2 Å². The molecule has 1 aliphatic heterocycles. The van der Waals surface area contributed by atoms with Crippen LogP contribution in [0.3, 0.4) is 0 Å². The average Bonchev–Trinajstić information content (AvgIpc) is 2.94. The molecule has 1 aliphatic rings. The zero-order valence-corrected chi connectivity index (χ0v) is 12.7. The van der Waals surface area contributed by atoms with Crippen LogP contribution in [-0.2, 0) is 15.8 Å². The molecule has 1 saturated heterocycles. The summed E-state index contributed by atoms with van der Waals surface area (Å²) < 4.78 is 37.7. The standard InChI is InChI=1S/C15H14F3NO3.ClH/c16-15(17,18)12-3-1-2-10(8-12)4-5-13(20)19-7-6-11(9-19)14(21)22;/h1-5,8,11H,6-7,9H2,(H,21,22);1H/b5-4+;. The maximum Gasteiger partial charge on any atom is 0.416 e. The van der Waals surface area contributed by atoms with Crippen molar-refractivity contribution >= 4 is 30.4 Å². The Morgan fingerprint density at radius 3 is 2.57 bits per heavy atom. The van der Waals surface area contributed by atoms with Crippen molar-refractivity contribution in [3.05, 3.63) is 41.5 Å². The number of halogens is 4. The van der Waals surface area contributed by atoms with E-state index in [-0.39, 0.29) is 24.5 Å². The third-order valence-corrected chi connectivity index (χ3v) is 3.48. The van der Waals surface area contributed by atoms with Crippen LogP contribution in [0.15, 0.2) is 30.3 Å². The molecule has 0 saturated carbocycles. The molecule has 1 unspecified atom stereocenters. The highest BCUT2D eigenvalue weighted by Crippen LogP contribution is 2.29. The van der Waals surface area contributed by atoms with Gasteiger partial charge < -0.3 is 10.0 Å². The number of hydrogen-bond donors (Lipinski definition) is 1. The van der Waals surface area contributed by atoms with Crippen LogP contribution in [0.1, 0.15) is 17.5 Å². The molecular formula is C15H15ClF3NO3. The predicted molar refractivity (Wildman–Crippen MR) is 80.0 cm³/mol. The molecule has 0 bridgehead atoms. The quantitative estimate of drug-likeness (QED) is 0.853. The number of nitrogens with zero attached hydrogens (tertiary/aromatic N) is 1. The monoisotopic (exact) mass is 349 g/mol. The number of carbonyl (C=O) groups excluding carboxylic acids is 1. The fraction of sp³-hybridized carbons (Fsp3) is 0.333. The second-order valence-electron chi connectivity index (χ2n) is 5.06. The van der Waals surface area contributed by atoms with E-state index in [9.17, 15) is 22.8 Å². The molecule has 1 N–H and O–H groups in total. The summed E-state index contributed by atoms with van der Waals surface area (Å²) in [4.78, 5) is 24.1. The first kappa shape index (κ1) is 19.0. The molecule has 126 valence electrons. The average molecular weight is 350 g/mol. The van der Waals surface area contributed by atoms with Gasteiger partial charge in [0.1, 0.15) is 0 Å². The molecular weight excluding hydrogens is 335 g/mol. The van der Waals surface area contributed by atoms with Crippen LogP contribution in [0, 0.1) is 5.92 Å². The summed E-state index contributed by atoms with van der Waals surface area (Å²) in [6, 6.07) is 4.64. The number of rotatable bonds is 3. The molecule has 8 heteroatoms. The minimum atomic E-state index is -4.43. The number of aliphatic carboxylic acids is 1.